The lowest BCUT2D eigenvalue weighted by Gasteiger charge is -2.56. The van der Waals surface area contributed by atoms with Gasteiger partial charge in [-0.3, -0.25) is 9.48 Å². The maximum atomic E-state index is 13.3. The van der Waals surface area contributed by atoms with E-state index in [0.717, 1.165) is 41.9 Å². The van der Waals surface area contributed by atoms with Crippen LogP contribution in [0.5, 0.6) is 0 Å². The van der Waals surface area contributed by atoms with Crippen molar-refractivity contribution in [3.05, 3.63) is 18.0 Å². The van der Waals surface area contributed by atoms with Gasteiger partial charge in [-0.1, -0.05) is 20.3 Å². The largest absolute Gasteiger partial charge is 0.297 e. The lowest BCUT2D eigenvalue weighted by atomic mass is 9.49. The maximum Gasteiger partial charge on any atom is 0.162 e. The van der Waals surface area contributed by atoms with Gasteiger partial charge in [0.05, 0.1) is 6.54 Å². The van der Waals surface area contributed by atoms with E-state index in [9.17, 15) is 4.79 Å². The lowest BCUT2D eigenvalue weighted by molar-refractivity contribution is -0.131. The summed E-state index contributed by atoms with van der Waals surface area (Å²) in [5.74, 6) is 5.92. The zero-order chi connectivity index (χ0) is 20.2. The number of carbonyl (C=O) groups excluding carboxylic acids is 1. The van der Waals surface area contributed by atoms with Crippen LogP contribution in [-0.2, 0) is 11.3 Å². The Morgan fingerprint density at radius 3 is 2.79 bits per heavy atom. The molecule has 0 amide bonds. The summed E-state index contributed by atoms with van der Waals surface area (Å²) in [5, 5.41) is 13.2. The summed E-state index contributed by atoms with van der Waals surface area (Å²) >= 11 is 0. The van der Waals surface area contributed by atoms with E-state index in [1.165, 1.54) is 51.4 Å². The summed E-state index contributed by atoms with van der Waals surface area (Å²) in [7, 11) is 0. The molecule has 0 spiro atoms. The fourth-order valence-corrected chi connectivity index (χ4v) is 8.40. The molecule has 0 radical (unpaired) electrons. The highest BCUT2D eigenvalue weighted by molar-refractivity contribution is 5.82. The Labute approximate surface area is 175 Å². The highest BCUT2D eigenvalue weighted by Gasteiger charge is 2.58. The Hall–Kier alpha value is -1.63. The van der Waals surface area contributed by atoms with Crippen molar-refractivity contribution in [2.24, 2.45) is 46.8 Å². The smallest absolute Gasteiger partial charge is 0.162 e. The zero-order valence-corrected chi connectivity index (χ0v) is 18.0. The highest BCUT2D eigenvalue weighted by atomic mass is 16.1. The van der Waals surface area contributed by atoms with Crippen LogP contribution in [0.4, 0.5) is 0 Å². The number of fused-ring (bicyclic) bond motifs is 5. The average molecular weight is 394 g/mol. The molecule has 0 N–H and O–H groups in total. The van der Waals surface area contributed by atoms with Crippen molar-refractivity contribution < 1.29 is 4.79 Å². The molecule has 29 heavy (non-hydrogen) atoms. The molecule has 156 valence electrons. The Morgan fingerprint density at radius 1 is 1.17 bits per heavy atom. The van der Waals surface area contributed by atoms with Gasteiger partial charge in [-0.2, -0.15) is 10.4 Å². The van der Waals surface area contributed by atoms with Gasteiger partial charge in [-0.05, 0) is 98.4 Å². The van der Waals surface area contributed by atoms with Crippen molar-refractivity contribution >= 4 is 5.78 Å². The predicted molar refractivity (Wildman–Crippen MR) is 112 cm³/mol. The minimum Gasteiger partial charge on any atom is -0.297 e. The number of aromatic nitrogens is 2. The number of Topliss-reactive ketones (excluding diaryl/α,β-unsaturated/α-hetero) is 1. The first-order valence-corrected chi connectivity index (χ1v) is 12.0. The molecule has 4 heteroatoms. The van der Waals surface area contributed by atoms with E-state index >= 15 is 0 Å². The van der Waals surface area contributed by atoms with Crippen molar-refractivity contribution in [2.45, 2.75) is 78.2 Å². The normalized spacial score (nSPS) is 43.7. The molecule has 0 aromatic carbocycles. The van der Waals surface area contributed by atoms with Crippen LogP contribution in [0.15, 0.2) is 12.3 Å². The zero-order valence-electron chi connectivity index (χ0n) is 18.0. The Bertz CT molecular complexity index is 822. The van der Waals surface area contributed by atoms with Crippen LogP contribution >= 0.6 is 0 Å². The maximum absolute atomic E-state index is 13.3. The molecule has 8 unspecified atom stereocenters. The van der Waals surface area contributed by atoms with E-state index < -0.39 is 0 Å². The summed E-state index contributed by atoms with van der Waals surface area (Å²) in [6.07, 6.45) is 13.8. The summed E-state index contributed by atoms with van der Waals surface area (Å²) in [4.78, 5) is 13.3. The van der Waals surface area contributed by atoms with Crippen molar-refractivity contribution in [1.29, 1.82) is 5.26 Å². The molecule has 1 aromatic heterocycles. The molecule has 4 aliphatic carbocycles. The third kappa shape index (κ3) is 3.16. The van der Waals surface area contributed by atoms with Crippen molar-refractivity contribution in [2.75, 3.05) is 0 Å². The minimum absolute atomic E-state index is 0.173. The van der Waals surface area contributed by atoms with Crippen molar-refractivity contribution in [1.82, 2.24) is 9.78 Å². The average Bonchev–Trinajstić information content (AvgIpc) is 3.30. The fourth-order valence-electron chi connectivity index (χ4n) is 8.40. The van der Waals surface area contributed by atoms with E-state index in [4.69, 9.17) is 5.26 Å². The van der Waals surface area contributed by atoms with Crippen molar-refractivity contribution in [3.63, 3.8) is 0 Å². The summed E-state index contributed by atoms with van der Waals surface area (Å²) in [6, 6.07) is 3.75. The number of hydrogen-bond donors (Lipinski definition) is 0. The molecule has 0 aliphatic heterocycles. The van der Waals surface area contributed by atoms with Crippen molar-refractivity contribution in [3.8, 4) is 6.07 Å². The molecular formula is C25H35N3O. The minimum atomic E-state index is 0.173. The number of ketones is 1. The molecule has 5 rings (SSSR count). The van der Waals surface area contributed by atoms with Gasteiger partial charge in [0, 0.05) is 12.1 Å². The second-order valence-corrected chi connectivity index (χ2v) is 11.0. The van der Waals surface area contributed by atoms with Gasteiger partial charge in [-0.15, -0.1) is 0 Å². The first kappa shape index (κ1) is 19.3. The number of nitriles is 1. The third-order valence-electron chi connectivity index (χ3n) is 9.68. The van der Waals surface area contributed by atoms with Gasteiger partial charge in [-0.25, -0.2) is 0 Å². The van der Waals surface area contributed by atoms with Crippen LogP contribution in [0.2, 0.25) is 0 Å². The Kier molecular flexibility index (Phi) is 4.84. The van der Waals surface area contributed by atoms with Gasteiger partial charge < -0.3 is 0 Å². The third-order valence-corrected chi connectivity index (χ3v) is 9.68. The van der Waals surface area contributed by atoms with Gasteiger partial charge in [0.2, 0.25) is 0 Å². The first-order chi connectivity index (χ1) is 14.0. The molecule has 4 aliphatic rings. The number of carbonyl (C=O) groups is 1. The van der Waals surface area contributed by atoms with Crippen LogP contribution in [0.25, 0.3) is 0 Å². The van der Waals surface area contributed by atoms with Gasteiger partial charge >= 0.3 is 0 Å². The molecule has 0 bridgehead atoms. The monoisotopic (exact) mass is 393 g/mol. The number of hydrogen-bond acceptors (Lipinski definition) is 3. The molecule has 0 saturated heterocycles. The Balaban J connectivity index is 1.31. The van der Waals surface area contributed by atoms with E-state index in [0.29, 0.717) is 18.0 Å². The van der Waals surface area contributed by atoms with Crippen LogP contribution in [0, 0.1) is 58.2 Å². The summed E-state index contributed by atoms with van der Waals surface area (Å²) < 4.78 is 1.66. The number of nitrogens with zero attached hydrogens (tertiary/aromatic N) is 3. The molecule has 1 heterocycles. The van der Waals surface area contributed by atoms with E-state index in [2.05, 4.69) is 25.0 Å². The first-order valence-electron chi connectivity index (χ1n) is 12.0. The van der Waals surface area contributed by atoms with E-state index in [1.54, 1.807) is 16.9 Å². The molecule has 4 fully saturated rings. The second kappa shape index (κ2) is 7.25. The lowest BCUT2D eigenvalue weighted by Crippen LogP contribution is -2.49. The van der Waals surface area contributed by atoms with Crippen LogP contribution in [-0.4, -0.2) is 15.6 Å². The van der Waals surface area contributed by atoms with E-state index in [-0.39, 0.29) is 11.3 Å². The van der Waals surface area contributed by atoms with Crippen LogP contribution in [0.3, 0.4) is 0 Å². The van der Waals surface area contributed by atoms with Gasteiger partial charge in [0.1, 0.15) is 6.07 Å². The standard InChI is InChI=1S/C25H35N3O/c1-16-3-5-19-17(13-16)4-6-21-20(19)9-11-25(2)22(21)7-8-23(25)24(29)15-28-12-10-18(14-26)27-28/h10,12,16-17,19-23H,3-9,11,13,15H2,1-2H3. The highest BCUT2D eigenvalue weighted by Crippen LogP contribution is 2.64. The topological polar surface area (TPSA) is 58.7 Å². The van der Waals surface area contributed by atoms with Gasteiger partial charge in [0.25, 0.3) is 0 Å². The summed E-state index contributed by atoms with van der Waals surface area (Å²) in [6.45, 7) is 5.21. The SMILES string of the molecule is CC1CCC2C(CCC3C2CCC2(C)C(C(=O)Cn4ccc(C#N)n4)CCC32)C1. The molecule has 1 aromatic rings. The molecule has 4 saturated carbocycles. The number of rotatable bonds is 3. The second-order valence-electron chi connectivity index (χ2n) is 11.0. The van der Waals surface area contributed by atoms with Crippen LogP contribution in [0.1, 0.15) is 77.3 Å². The molecule has 8 atom stereocenters. The van der Waals surface area contributed by atoms with Crippen LogP contribution < -0.4 is 0 Å². The van der Waals surface area contributed by atoms with E-state index in [1.807, 2.05) is 0 Å². The van der Waals surface area contributed by atoms with Gasteiger partial charge in [0.15, 0.2) is 11.5 Å². The summed E-state index contributed by atoms with van der Waals surface area (Å²) in [5.41, 5.74) is 0.575. The Morgan fingerprint density at radius 2 is 2.00 bits per heavy atom. The molecule has 4 nitrogen and oxygen atoms in total. The fraction of sp³-hybridized carbons (Fsp3) is 0.800. The predicted octanol–water partition coefficient (Wildman–Crippen LogP) is 5.23. The molecular weight excluding hydrogens is 358 g/mol. The quantitative estimate of drug-likeness (QED) is 0.706.